The van der Waals surface area contributed by atoms with Crippen LogP contribution in [0.1, 0.15) is 63.4 Å². The smallest absolute Gasteiger partial charge is 0.387 e. The van der Waals surface area contributed by atoms with Crippen molar-refractivity contribution in [2.45, 2.75) is 43.8 Å². The lowest BCUT2D eigenvalue weighted by Crippen LogP contribution is -2.46. The number of nitrogens with one attached hydrogen (secondary N) is 1. The molecule has 1 atom stereocenters. The van der Waals surface area contributed by atoms with Gasteiger partial charge in [0.2, 0.25) is 5.91 Å². The predicted octanol–water partition coefficient (Wildman–Crippen LogP) is 4.52. The molecule has 208 valence electrons. The van der Waals surface area contributed by atoms with Crippen LogP contribution in [0.3, 0.4) is 0 Å². The molecule has 6 rings (SSSR count). The summed E-state index contributed by atoms with van der Waals surface area (Å²) in [5.74, 6) is -0.0665. The third kappa shape index (κ3) is 4.52. The Balaban J connectivity index is 1.40. The molecule has 2 amide bonds. The molecule has 3 aliphatic rings. The predicted molar refractivity (Wildman–Crippen MR) is 142 cm³/mol. The summed E-state index contributed by atoms with van der Waals surface area (Å²) >= 11 is 0. The summed E-state index contributed by atoms with van der Waals surface area (Å²) < 4.78 is 41.8. The highest BCUT2D eigenvalue weighted by Crippen LogP contribution is 2.41. The number of anilines is 1. The number of halogens is 3. The summed E-state index contributed by atoms with van der Waals surface area (Å²) in [5.41, 5.74) is 3.95. The number of pyridine rings is 1. The van der Waals surface area contributed by atoms with E-state index in [0.717, 1.165) is 34.9 Å². The third-order valence-electron chi connectivity index (χ3n) is 8.04. The molecule has 0 radical (unpaired) electrons. The van der Waals surface area contributed by atoms with Gasteiger partial charge in [0, 0.05) is 51.3 Å². The number of rotatable bonds is 5. The fourth-order valence-electron chi connectivity index (χ4n) is 5.83. The molecule has 0 spiro atoms. The van der Waals surface area contributed by atoms with Gasteiger partial charge in [-0.15, -0.1) is 0 Å². The molecule has 1 aromatic carbocycles. The first-order valence-corrected chi connectivity index (χ1v) is 13.4. The number of carbonyl (C=O) groups is 2. The van der Waals surface area contributed by atoms with Crippen LogP contribution in [0.25, 0.3) is 5.69 Å². The maximum absolute atomic E-state index is 13.9. The molecule has 3 aromatic rings. The molecule has 2 aromatic heterocycles. The lowest BCUT2D eigenvalue weighted by atomic mass is 9.94. The van der Waals surface area contributed by atoms with Crippen molar-refractivity contribution >= 4 is 17.5 Å². The minimum Gasteiger partial charge on any atom is -0.387 e. The summed E-state index contributed by atoms with van der Waals surface area (Å²) in [6.07, 6.45) is 1.04. The molecular weight excluding hydrogens is 521 g/mol. The zero-order valence-corrected chi connectivity index (χ0v) is 22.0. The average Bonchev–Trinajstić information content (AvgIpc) is 3.77. The Morgan fingerprint density at radius 2 is 1.88 bits per heavy atom. The Bertz CT molecular complexity index is 1490. The molecule has 1 saturated carbocycles. The van der Waals surface area contributed by atoms with Crippen LogP contribution < -0.4 is 5.32 Å². The second-order valence-corrected chi connectivity index (χ2v) is 10.5. The molecule has 40 heavy (non-hydrogen) atoms. The van der Waals surface area contributed by atoms with Crippen molar-refractivity contribution in [2.75, 3.05) is 32.0 Å². The van der Waals surface area contributed by atoms with E-state index in [1.54, 1.807) is 9.80 Å². The van der Waals surface area contributed by atoms with Gasteiger partial charge in [0.25, 0.3) is 5.91 Å². The molecule has 0 bridgehead atoms. The van der Waals surface area contributed by atoms with Crippen LogP contribution >= 0.6 is 0 Å². The Labute approximate surface area is 229 Å². The Morgan fingerprint density at radius 1 is 1.12 bits per heavy atom. The van der Waals surface area contributed by atoms with E-state index in [2.05, 4.69) is 41.1 Å². The van der Waals surface area contributed by atoms with Gasteiger partial charge in [-0.3, -0.25) is 14.6 Å². The number of carbonyl (C=O) groups excluding carboxylic acids is 2. The molecule has 1 N–H and O–H groups in total. The van der Waals surface area contributed by atoms with Gasteiger partial charge in [0.15, 0.2) is 0 Å². The van der Waals surface area contributed by atoms with E-state index in [1.165, 1.54) is 31.5 Å². The van der Waals surface area contributed by atoms with E-state index in [4.69, 9.17) is 5.10 Å². The van der Waals surface area contributed by atoms with E-state index in [-0.39, 0.29) is 23.7 Å². The van der Waals surface area contributed by atoms with Crippen LogP contribution in [0.4, 0.5) is 18.9 Å². The van der Waals surface area contributed by atoms with Gasteiger partial charge in [-0.2, -0.15) is 18.3 Å². The molecular formula is C29H29F3N6O2. The van der Waals surface area contributed by atoms with Crippen molar-refractivity contribution in [3.63, 3.8) is 0 Å². The van der Waals surface area contributed by atoms with Gasteiger partial charge >= 0.3 is 6.18 Å². The van der Waals surface area contributed by atoms with Gasteiger partial charge in [-0.25, -0.2) is 4.68 Å². The molecule has 11 heteroatoms. The van der Waals surface area contributed by atoms with Crippen LogP contribution in [0, 0.1) is 0 Å². The fourth-order valence-corrected chi connectivity index (χ4v) is 5.83. The van der Waals surface area contributed by atoms with Gasteiger partial charge in [-0.05, 0) is 48.6 Å². The quantitative estimate of drug-likeness (QED) is 0.473. The SMILES string of the molecule is C=CC(=O)N1CCc2nn(-c3ccc(C4CC4)cc3)c3c2C(C1)N(C(=O)c1cnc(C(F)(F)F)cc1NC)CC3. The Kier molecular flexibility index (Phi) is 6.39. The number of benzene rings is 1. The van der Waals surface area contributed by atoms with Gasteiger partial charge < -0.3 is 15.1 Å². The largest absolute Gasteiger partial charge is 0.433 e. The van der Waals surface area contributed by atoms with E-state index < -0.39 is 23.8 Å². The minimum absolute atomic E-state index is 0.0365. The fraction of sp³-hybridized carbons (Fsp3) is 0.379. The number of nitrogens with zero attached hydrogens (tertiary/aromatic N) is 5. The first-order valence-electron chi connectivity index (χ1n) is 13.4. The maximum Gasteiger partial charge on any atom is 0.433 e. The highest BCUT2D eigenvalue weighted by molar-refractivity contribution is 6.00. The first kappa shape index (κ1) is 26.1. The Hall–Kier alpha value is -4.15. The molecule has 1 aliphatic carbocycles. The molecule has 4 heterocycles. The van der Waals surface area contributed by atoms with Gasteiger partial charge in [-0.1, -0.05) is 18.7 Å². The lowest BCUT2D eigenvalue weighted by Gasteiger charge is -2.38. The second kappa shape index (κ2) is 9.79. The van der Waals surface area contributed by atoms with Crippen LogP contribution in [-0.2, 0) is 23.8 Å². The zero-order valence-electron chi connectivity index (χ0n) is 22.0. The summed E-state index contributed by atoms with van der Waals surface area (Å²) in [4.78, 5) is 33.4. The monoisotopic (exact) mass is 550 g/mol. The highest BCUT2D eigenvalue weighted by atomic mass is 19.4. The molecule has 1 fully saturated rings. The number of amides is 2. The van der Waals surface area contributed by atoms with Crippen molar-refractivity contribution in [3.8, 4) is 5.69 Å². The standard InChI is InChI=1S/C29H29F3N6O2/c1-3-26(39)36-12-10-21-27-23(38(35-21)19-8-6-18(7-9-19)17-4-5-17)11-13-37(24(27)16-36)28(40)20-15-34-25(29(30,31)32)14-22(20)33-2/h3,6-9,14-15,17,24H,1,4-5,10-13,16H2,2H3,(H,33,34). The summed E-state index contributed by atoms with van der Waals surface area (Å²) in [7, 11) is 1.47. The maximum atomic E-state index is 13.9. The second-order valence-electron chi connectivity index (χ2n) is 10.5. The Morgan fingerprint density at radius 3 is 2.52 bits per heavy atom. The number of hydrogen-bond acceptors (Lipinski definition) is 5. The zero-order chi connectivity index (χ0) is 28.2. The highest BCUT2D eigenvalue weighted by Gasteiger charge is 2.41. The average molecular weight is 551 g/mol. The van der Waals surface area contributed by atoms with Gasteiger partial charge in [0.05, 0.1) is 34.4 Å². The van der Waals surface area contributed by atoms with E-state index >= 15 is 0 Å². The summed E-state index contributed by atoms with van der Waals surface area (Å²) in [5, 5.41) is 7.67. The van der Waals surface area contributed by atoms with Crippen molar-refractivity contribution in [2.24, 2.45) is 0 Å². The van der Waals surface area contributed by atoms with Crippen LogP contribution in [0.2, 0.25) is 0 Å². The summed E-state index contributed by atoms with van der Waals surface area (Å²) in [6, 6.07) is 8.75. The van der Waals surface area contributed by atoms with Crippen LogP contribution in [0.5, 0.6) is 0 Å². The normalized spacial score (nSPS) is 18.6. The van der Waals surface area contributed by atoms with E-state index in [9.17, 15) is 22.8 Å². The molecule has 2 aliphatic heterocycles. The van der Waals surface area contributed by atoms with E-state index in [1.807, 2.05) is 4.68 Å². The molecule has 0 saturated heterocycles. The summed E-state index contributed by atoms with van der Waals surface area (Å²) in [6.45, 7) is 4.57. The lowest BCUT2D eigenvalue weighted by molar-refractivity contribution is -0.141. The number of aromatic nitrogens is 3. The third-order valence-corrected chi connectivity index (χ3v) is 8.04. The van der Waals surface area contributed by atoms with Crippen molar-refractivity contribution in [1.82, 2.24) is 24.6 Å². The van der Waals surface area contributed by atoms with Crippen LogP contribution in [-0.4, -0.2) is 63.1 Å². The minimum atomic E-state index is -4.64. The molecule has 8 nitrogen and oxygen atoms in total. The molecule has 1 unspecified atom stereocenters. The van der Waals surface area contributed by atoms with Crippen molar-refractivity contribution in [3.05, 3.63) is 83.0 Å². The number of alkyl halides is 3. The first-order chi connectivity index (χ1) is 19.2. The topological polar surface area (TPSA) is 83.4 Å². The van der Waals surface area contributed by atoms with Crippen LogP contribution in [0.15, 0.2) is 49.2 Å². The number of hydrogen-bond donors (Lipinski definition) is 1. The van der Waals surface area contributed by atoms with Gasteiger partial charge in [0.1, 0.15) is 5.69 Å². The van der Waals surface area contributed by atoms with Crippen molar-refractivity contribution in [1.29, 1.82) is 0 Å². The van der Waals surface area contributed by atoms with E-state index in [0.29, 0.717) is 31.8 Å². The van der Waals surface area contributed by atoms with Crippen molar-refractivity contribution < 1.29 is 22.8 Å².